The third kappa shape index (κ3) is 6.86. The van der Waals surface area contributed by atoms with E-state index in [9.17, 15) is 18.0 Å². The molecule has 1 aromatic rings. The van der Waals surface area contributed by atoms with E-state index in [1.165, 1.54) is 24.1 Å². The van der Waals surface area contributed by atoms with E-state index in [0.717, 1.165) is 51.3 Å². The highest BCUT2D eigenvalue weighted by Crippen LogP contribution is 2.41. The number of nitrogens with zero attached hydrogens (tertiary/aromatic N) is 2. The van der Waals surface area contributed by atoms with Crippen LogP contribution in [0.3, 0.4) is 0 Å². The second-order valence-electron chi connectivity index (χ2n) is 9.03. The van der Waals surface area contributed by atoms with Crippen molar-refractivity contribution in [2.24, 2.45) is 5.92 Å². The monoisotopic (exact) mass is 457 g/mol. The van der Waals surface area contributed by atoms with Crippen molar-refractivity contribution < 1.29 is 18.0 Å². The van der Waals surface area contributed by atoms with Crippen molar-refractivity contribution in [2.45, 2.75) is 82.1 Å². The van der Waals surface area contributed by atoms with Gasteiger partial charge in [-0.15, -0.1) is 0 Å². The molecule has 0 radical (unpaired) electrons. The summed E-state index contributed by atoms with van der Waals surface area (Å²) in [6, 6.07) is 5.92. The number of carbonyl (C=O) groups excluding carboxylic acids is 1. The molecule has 1 aliphatic heterocycles. The predicted molar refractivity (Wildman–Crippen MR) is 119 cm³/mol. The van der Waals surface area contributed by atoms with Gasteiger partial charge in [-0.25, -0.2) is 4.31 Å². The number of halogens is 3. The zero-order valence-electron chi connectivity index (χ0n) is 18.6. The van der Waals surface area contributed by atoms with Gasteiger partial charge in [0.15, 0.2) is 0 Å². The number of likely N-dealkylation sites (tertiary alicyclic amines) is 1. The summed E-state index contributed by atoms with van der Waals surface area (Å²) >= 11 is 1.42. The molecule has 31 heavy (non-hydrogen) atoms. The molecule has 174 valence electrons. The van der Waals surface area contributed by atoms with Crippen molar-refractivity contribution in [3.05, 3.63) is 29.8 Å². The topological polar surface area (TPSA) is 35.6 Å². The Kier molecular flexibility index (Phi) is 8.32. The summed E-state index contributed by atoms with van der Waals surface area (Å²) in [5.41, 5.74) is -0.615. The number of benzene rings is 1. The first-order valence-electron chi connectivity index (χ1n) is 11.3. The summed E-state index contributed by atoms with van der Waals surface area (Å²) in [5, 5.41) is 3.33. The quantitative estimate of drug-likeness (QED) is 0.518. The van der Waals surface area contributed by atoms with Gasteiger partial charge in [0.25, 0.3) is 0 Å². The number of alkyl halides is 3. The van der Waals surface area contributed by atoms with E-state index in [-0.39, 0.29) is 18.0 Å². The largest absolute Gasteiger partial charge is 0.416 e. The molecule has 1 aliphatic carbocycles. The van der Waals surface area contributed by atoms with Crippen LogP contribution < -0.4 is 5.32 Å². The van der Waals surface area contributed by atoms with Crippen LogP contribution in [0.2, 0.25) is 0 Å². The average Bonchev–Trinajstić information content (AvgIpc) is 3.56. The minimum absolute atomic E-state index is 0.153. The standard InChI is InChI=1S/C23H34F3N3OS/c1-4-27-21(13-16(2)3)22(30)28-12-6-8-19(15-28)29(18-10-11-18)31-20-9-5-7-17(14-20)23(24,25)26/h5,7,9,14,16,18-19,21,27H,4,6,8,10-13,15H2,1-3H3/t19?,21-/m0/s1. The molecule has 1 unspecified atom stereocenters. The molecule has 1 heterocycles. The Morgan fingerprint density at radius 1 is 1.26 bits per heavy atom. The number of piperidine rings is 1. The van der Waals surface area contributed by atoms with E-state index in [0.29, 0.717) is 23.4 Å². The maximum Gasteiger partial charge on any atom is 0.416 e. The van der Waals surface area contributed by atoms with Crippen LogP contribution in [-0.4, -0.2) is 52.9 Å². The molecule has 3 rings (SSSR count). The summed E-state index contributed by atoms with van der Waals surface area (Å²) in [6.07, 6.45) is 0.463. The first-order valence-corrected chi connectivity index (χ1v) is 12.1. The Labute approximate surface area is 188 Å². The summed E-state index contributed by atoms with van der Waals surface area (Å²) < 4.78 is 41.6. The van der Waals surface area contributed by atoms with Crippen LogP contribution >= 0.6 is 11.9 Å². The van der Waals surface area contributed by atoms with Crippen LogP contribution in [-0.2, 0) is 11.0 Å². The molecule has 0 bridgehead atoms. The molecule has 4 nitrogen and oxygen atoms in total. The predicted octanol–water partition coefficient (Wildman–Crippen LogP) is 5.19. The van der Waals surface area contributed by atoms with Crippen LogP contribution in [0.15, 0.2) is 29.2 Å². The minimum atomic E-state index is -4.34. The highest BCUT2D eigenvalue weighted by atomic mass is 32.2. The number of hydrogen-bond acceptors (Lipinski definition) is 4. The summed E-state index contributed by atoms with van der Waals surface area (Å²) in [7, 11) is 0. The van der Waals surface area contributed by atoms with Gasteiger partial charge in [-0.05, 0) is 74.7 Å². The highest BCUT2D eigenvalue weighted by molar-refractivity contribution is 7.97. The van der Waals surface area contributed by atoms with Crippen molar-refractivity contribution >= 4 is 17.9 Å². The van der Waals surface area contributed by atoms with E-state index < -0.39 is 11.7 Å². The Balaban J connectivity index is 1.70. The van der Waals surface area contributed by atoms with Gasteiger partial charge in [-0.2, -0.15) is 13.2 Å². The Morgan fingerprint density at radius 3 is 2.61 bits per heavy atom. The van der Waals surface area contributed by atoms with E-state index in [1.807, 2.05) is 11.8 Å². The van der Waals surface area contributed by atoms with E-state index >= 15 is 0 Å². The Bertz CT molecular complexity index is 739. The van der Waals surface area contributed by atoms with Crippen molar-refractivity contribution in [1.82, 2.24) is 14.5 Å². The van der Waals surface area contributed by atoms with Crippen molar-refractivity contribution in [2.75, 3.05) is 19.6 Å². The zero-order chi connectivity index (χ0) is 22.6. The van der Waals surface area contributed by atoms with Gasteiger partial charge in [-0.3, -0.25) is 4.79 Å². The van der Waals surface area contributed by atoms with Gasteiger partial charge >= 0.3 is 6.18 Å². The van der Waals surface area contributed by atoms with Gasteiger partial charge < -0.3 is 10.2 Å². The van der Waals surface area contributed by atoms with Gasteiger partial charge in [0.05, 0.1) is 11.6 Å². The summed E-state index contributed by atoms with van der Waals surface area (Å²) in [5.74, 6) is 0.577. The normalized spacial score (nSPS) is 21.0. The molecule has 1 N–H and O–H groups in total. The second-order valence-corrected chi connectivity index (χ2v) is 10.1. The van der Waals surface area contributed by atoms with Gasteiger partial charge in [0.1, 0.15) is 0 Å². The number of rotatable bonds is 9. The molecular weight excluding hydrogens is 423 g/mol. The van der Waals surface area contributed by atoms with E-state index in [1.54, 1.807) is 6.07 Å². The maximum atomic E-state index is 13.2. The minimum Gasteiger partial charge on any atom is -0.340 e. The van der Waals surface area contributed by atoms with Crippen molar-refractivity contribution in [3.63, 3.8) is 0 Å². The molecule has 2 atom stereocenters. The van der Waals surface area contributed by atoms with Crippen LogP contribution in [0.25, 0.3) is 0 Å². The van der Waals surface area contributed by atoms with Crippen molar-refractivity contribution in [3.8, 4) is 0 Å². The van der Waals surface area contributed by atoms with Crippen molar-refractivity contribution in [1.29, 1.82) is 0 Å². The summed E-state index contributed by atoms with van der Waals surface area (Å²) in [6.45, 7) is 8.40. The second kappa shape index (κ2) is 10.6. The van der Waals surface area contributed by atoms with Crippen LogP contribution in [0.5, 0.6) is 0 Å². The van der Waals surface area contributed by atoms with Crippen LogP contribution in [0.4, 0.5) is 13.2 Å². The van der Waals surface area contributed by atoms with Gasteiger partial charge in [0.2, 0.25) is 5.91 Å². The zero-order valence-corrected chi connectivity index (χ0v) is 19.4. The van der Waals surface area contributed by atoms with E-state index in [4.69, 9.17) is 0 Å². The fraction of sp³-hybridized carbons (Fsp3) is 0.696. The Morgan fingerprint density at radius 2 is 2.00 bits per heavy atom. The number of nitrogens with one attached hydrogen (secondary N) is 1. The van der Waals surface area contributed by atoms with Gasteiger partial charge in [0, 0.05) is 30.1 Å². The third-order valence-corrected chi connectivity index (χ3v) is 7.07. The fourth-order valence-electron chi connectivity index (χ4n) is 4.20. The van der Waals surface area contributed by atoms with E-state index in [2.05, 4.69) is 23.5 Å². The SMILES string of the molecule is CCN[C@@H](CC(C)C)C(=O)N1CCCC(N(Sc2cccc(C(F)(F)F)c2)C2CC2)C1. The molecule has 0 aromatic heterocycles. The first-order chi connectivity index (χ1) is 14.7. The molecule has 1 amide bonds. The van der Waals surface area contributed by atoms with Crippen LogP contribution in [0, 0.1) is 5.92 Å². The lowest BCUT2D eigenvalue weighted by Gasteiger charge is -2.40. The van der Waals surface area contributed by atoms with Crippen LogP contribution in [0.1, 0.15) is 58.4 Å². The molecule has 1 aromatic carbocycles. The lowest BCUT2D eigenvalue weighted by Crippen LogP contribution is -2.54. The molecular formula is C23H34F3N3OS. The lowest BCUT2D eigenvalue weighted by atomic mass is 10.00. The average molecular weight is 458 g/mol. The molecule has 2 fully saturated rings. The maximum absolute atomic E-state index is 13.2. The number of hydrogen-bond donors (Lipinski definition) is 1. The highest BCUT2D eigenvalue weighted by Gasteiger charge is 2.39. The lowest BCUT2D eigenvalue weighted by molar-refractivity contribution is -0.138. The molecule has 2 aliphatic rings. The molecule has 0 spiro atoms. The fourth-order valence-corrected chi connectivity index (χ4v) is 5.44. The number of likely N-dealkylation sites (N-methyl/N-ethyl adjacent to an activating group) is 1. The number of carbonyl (C=O) groups is 1. The molecule has 1 saturated heterocycles. The molecule has 8 heteroatoms. The van der Waals surface area contributed by atoms with Gasteiger partial charge in [-0.1, -0.05) is 26.8 Å². The number of amides is 1. The first kappa shape index (κ1) is 24.4. The third-order valence-electron chi connectivity index (χ3n) is 5.80. The summed E-state index contributed by atoms with van der Waals surface area (Å²) in [4.78, 5) is 15.8. The molecule has 1 saturated carbocycles. The Hall–Kier alpha value is -1.25. The smallest absolute Gasteiger partial charge is 0.340 e.